The van der Waals surface area contributed by atoms with Crippen LogP contribution in [0.15, 0.2) is 36.5 Å². The molecule has 2 rings (SSSR count). The Kier molecular flexibility index (Phi) is 4.02. The number of nitrogens with zero attached hydrogens (tertiary/aromatic N) is 1. The number of rotatable bonds is 4. The minimum atomic E-state index is 0.0550. The van der Waals surface area contributed by atoms with Crippen LogP contribution in [0.4, 0.5) is 11.5 Å². The van der Waals surface area contributed by atoms with Crippen molar-refractivity contribution in [2.45, 2.75) is 13.2 Å². The first-order valence-corrected chi connectivity index (χ1v) is 5.90. The third kappa shape index (κ3) is 3.12. The van der Waals surface area contributed by atoms with Gasteiger partial charge in [0, 0.05) is 12.7 Å². The van der Waals surface area contributed by atoms with Gasteiger partial charge >= 0.3 is 0 Å². The van der Waals surface area contributed by atoms with E-state index in [2.05, 4.69) is 10.3 Å². The summed E-state index contributed by atoms with van der Waals surface area (Å²) >= 11 is 5.77. The molecule has 18 heavy (non-hydrogen) atoms. The maximum absolute atomic E-state index is 8.94. The second-order valence-corrected chi connectivity index (χ2v) is 4.36. The average molecular weight is 264 g/mol. The molecule has 4 nitrogen and oxygen atoms in total. The number of aromatic nitrogens is 1. The van der Waals surface area contributed by atoms with Crippen LogP contribution in [0, 0.1) is 0 Å². The van der Waals surface area contributed by atoms with Crippen LogP contribution in [-0.2, 0) is 13.2 Å². The molecule has 94 valence electrons. The minimum absolute atomic E-state index is 0.0550. The summed E-state index contributed by atoms with van der Waals surface area (Å²) in [6.07, 6.45) is 1.55. The fourth-order valence-electron chi connectivity index (χ4n) is 1.55. The molecule has 4 N–H and O–H groups in total. The maximum atomic E-state index is 8.94. The molecule has 0 aliphatic rings. The third-order valence-corrected chi connectivity index (χ3v) is 2.76. The lowest BCUT2D eigenvalue weighted by Gasteiger charge is -2.08. The third-order valence-electron chi connectivity index (χ3n) is 2.55. The molecule has 0 amide bonds. The second-order valence-electron chi connectivity index (χ2n) is 3.92. The Morgan fingerprint density at radius 2 is 1.89 bits per heavy atom. The Balaban J connectivity index is 2.02. The summed E-state index contributed by atoms with van der Waals surface area (Å²) in [6, 6.07) is 9.33. The molecule has 0 unspecified atom stereocenters. The number of nitrogen functional groups attached to an aromatic ring is 1. The van der Waals surface area contributed by atoms with Gasteiger partial charge in [-0.05, 0) is 17.2 Å². The van der Waals surface area contributed by atoms with Crippen molar-refractivity contribution in [1.29, 1.82) is 0 Å². The van der Waals surface area contributed by atoms with Gasteiger partial charge in [-0.1, -0.05) is 35.9 Å². The summed E-state index contributed by atoms with van der Waals surface area (Å²) in [5.74, 6) is 0.616. The van der Waals surface area contributed by atoms with E-state index in [0.717, 1.165) is 11.1 Å². The van der Waals surface area contributed by atoms with Crippen LogP contribution in [-0.4, -0.2) is 10.1 Å². The Labute approximate surface area is 110 Å². The minimum Gasteiger partial charge on any atom is -0.396 e. The summed E-state index contributed by atoms with van der Waals surface area (Å²) in [7, 11) is 0. The van der Waals surface area contributed by atoms with Crippen molar-refractivity contribution in [3.05, 3.63) is 52.7 Å². The number of pyridine rings is 1. The van der Waals surface area contributed by atoms with Crippen LogP contribution in [0.3, 0.4) is 0 Å². The van der Waals surface area contributed by atoms with Gasteiger partial charge in [0.2, 0.25) is 0 Å². The van der Waals surface area contributed by atoms with Gasteiger partial charge in [0.15, 0.2) is 0 Å². The van der Waals surface area contributed by atoms with Crippen molar-refractivity contribution >= 4 is 23.1 Å². The predicted molar refractivity (Wildman–Crippen MR) is 73.4 cm³/mol. The van der Waals surface area contributed by atoms with Crippen molar-refractivity contribution in [2.75, 3.05) is 11.1 Å². The van der Waals surface area contributed by atoms with Crippen molar-refractivity contribution in [3.63, 3.8) is 0 Å². The lowest BCUT2D eigenvalue weighted by molar-refractivity contribution is 0.282. The number of hydrogen-bond donors (Lipinski definition) is 3. The molecular weight excluding hydrogens is 250 g/mol. The molecular formula is C13H14ClN3O. The summed E-state index contributed by atoms with van der Waals surface area (Å²) in [4.78, 5) is 4.12. The highest BCUT2D eigenvalue weighted by Gasteiger charge is 2.01. The number of halogens is 1. The maximum Gasteiger partial charge on any atom is 0.149 e. The molecule has 1 heterocycles. The molecule has 0 spiro atoms. The van der Waals surface area contributed by atoms with Crippen LogP contribution < -0.4 is 11.1 Å². The summed E-state index contributed by atoms with van der Waals surface area (Å²) < 4.78 is 0. The number of benzene rings is 1. The van der Waals surface area contributed by atoms with E-state index >= 15 is 0 Å². The van der Waals surface area contributed by atoms with Gasteiger partial charge in [-0.3, -0.25) is 0 Å². The van der Waals surface area contributed by atoms with E-state index in [0.29, 0.717) is 23.1 Å². The van der Waals surface area contributed by atoms with Gasteiger partial charge in [-0.2, -0.15) is 0 Å². The van der Waals surface area contributed by atoms with E-state index in [9.17, 15) is 0 Å². The summed E-state index contributed by atoms with van der Waals surface area (Å²) in [5.41, 5.74) is 8.29. The molecule has 0 radical (unpaired) electrons. The van der Waals surface area contributed by atoms with E-state index in [4.69, 9.17) is 22.4 Å². The monoisotopic (exact) mass is 263 g/mol. The molecule has 0 aliphatic carbocycles. The molecule has 0 aliphatic heterocycles. The lowest BCUT2D eigenvalue weighted by Crippen LogP contribution is -2.04. The summed E-state index contributed by atoms with van der Waals surface area (Å²) in [6.45, 7) is 0.671. The van der Waals surface area contributed by atoms with Crippen LogP contribution in [0.25, 0.3) is 0 Å². The van der Waals surface area contributed by atoms with Crippen molar-refractivity contribution in [3.8, 4) is 0 Å². The smallest absolute Gasteiger partial charge is 0.149 e. The number of nitrogens with one attached hydrogen (secondary N) is 1. The van der Waals surface area contributed by atoms with E-state index in [1.807, 2.05) is 24.3 Å². The van der Waals surface area contributed by atoms with E-state index in [1.165, 1.54) is 0 Å². The largest absolute Gasteiger partial charge is 0.396 e. The van der Waals surface area contributed by atoms with E-state index in [-0.39, 0.29) is 6.61 Å². The highest BCUT2D eigenvalue weighted by Crippen LogP contribution is 2.20. The summed E-state index contributed by atoms with van der Waals surface area (Å²) in [5, 5.41) is 12.6. The fourth-order valence-corrected chi connectivity index (χ4v) is 1.72. The zero-order valence-corrected chi connectivity index (χ0v) is 10.5. The number of hydrogen-bond acceptors (Lipinski definition) is 4. The number of aliphatic hydroxyl groups excluding tert-OH is 1. The Hall–Kier alpha value is -1.78. The van der Waals surface area contributed by atoms with Crippen LogP contribution >= 0.6 is 11.6 Å². The first-order valence-electron chi connectivity index (χ1n) is 5.52. The Morgan fingerprint density at radius 1 is 1.22 bits per heavy atom. The van der Waals surface area contributed by atoms with Gasteiger partial charge in [0.05, 0.1) is 17.3 Å². The molecule has 2 aromatic rings. The highest BCUT2D eigenvalue weighted by molar-refractivity contribution is 6.30. The SMILES string of the molecule is Nc1cc(Cl)cnc1NCc1ccc(CO)cc1. The first-order chi connectivity index (χ1) is 8.69. The van der Waals surface area contributed by atoms with Gasteiger partial charge in [-0.25, -0.2) is 4.98 Å². The normalized spacial score (nSPS) is 10.3. The second kappa shape index (κ2) is 5.71. The Morgan fingerprint density at radius 3 is 2.50 bits per heavy atom. The lowest BCUT2D eigenvalue weighted by atomic mass is 10.1. The molecule has 0 atom stereocenters. The van der Waals surface area contributed by atoms with Crippen molar-refractivity contribution < 1.29 is 5.11 Å². The molecule has 5 heteroatoms. The molecule has 0 bridgehead atoms. The number of aliphatic hydroxyl groups is 1. The Bertz CT molecular complexity index is 528. The highest BCUT2D eigenvalue weighted by atomic mass is 35.5. The van der Waals surface area contributed by atoms with Crippen LogP contribution in [0.2, 0.25) is 5.02 Å². The zero-order chi connectivity index (χ0) is 13.0. The molecule has 1 aromatic heterocycles. The van der Waals surface area contributed by atoms with E-state index < -0.39 is 0 Å². The average Bonchev–Trinajstić information content (AvgIpc) is 2.38. The topological polar surface area (TPSA) is 71.2 Å². The molecule has 0 fully saturated rings. The number of nitrogens with two attached hydrogens (primary N) is 1. The van der Waals surface area contributed by atoms with Crippen molar-refractivity contribution in [1.82, 2.24) is 4.98 Å². The van der Waals surface area contributed by atoms with Crippen molar-refractivity contribution in [2.24, 2.45) is 0 Å². The first kappa shape index (κ1) is 12.7. The quantitative estimate of drug-likeness (QED) is 0.792. The van der Waals surface area contributed by atoms with E-state index in [1.54, 1.807) is 12.3 Å². The zero-order valence-electron chi connectivity index (χ0n) is 9.73. The number of anilines is 2. The fraction of sp³-hybridized carbons (Fsp3) is 0.154. The van der Waals surface area contributed by atoms with Gasteiger partial charge in [-0.15, -0.1) is 0 Å². The van der Waals surface area contributed by atoms with Crippen LogP contribution in [0.5, 0.6) is 0 Å². The van der Waals surface area contributed by atoms with Gasteiger partial charge < -0.3 is 16.2 Å². The van der Waals surface area contributed by atoms with Gasteiger partial charge in [0.1, 0.15) is 5.82 Å². The molecule has 0 saturated carbocycles. The standard InChI is InChI=1S/C13H14ClN3O/c14-11-5-12(15)13(17-7-11)16-6-9-1-3-10(8-18)4-2-9/h1-5,7,18H,6,8,15H2,(H,16,17). The molecule has 1 aromatic carbocycles. The molecule has 0 saturated heterocycles. The van der Waals surface area contributed by atoms with Crippen LogP contribution in [0.1, 0.15) is 11.1 Å². The van der Waals surface area contributed by atoms with Gasteiger partial charge in [0.25, 0.3) is 0 Å². The predicted octanol–water partition coefficient (Wildman–Crippen LogP) is 2.42.